The van der Waals surface area contributed by atoms with Crippen LogP contribution >= 0.6 is 12.4 Å². The summed E-state index contributed by atoms with van der Waals surface area (Å²) in [5, 5.41) is 9.35. The highest BCUT2D eigenvalue weighted by molar-refractivity contribution is 5.94. The molecule has 0 radical (unpaired) electrons. The topological polar surface area (TPSA) is 73.5 Å². The molecule has 0 atom stereocenters. The Balaban J connectivity index is 0.00000280. The van der Waals surface area contributed by atoms with Crippen molar-refractivity contribution < 1.29 is 9.59 Å². The van der Waals surface area contributed by atoms with Gasteiger partial charge in [0.25, 0.3) is 5.91 Å². The molecule has 3 N–H and O–H groups in total. The van der Waals surface area contributed by atoms with Gasteiger partial charge in [-0.1, -0.05) is 25.0 Å². The molecule has 6 nitrogen and oxygen atoms in total. The zero-order chi connectivity index (χ0) is 18.9. The average Bonchev–Trinajstić information content (AvgIpc) is 3.25. The van der Waals surface area contributed by atoms with Crippen molar-refractivity contribution in [1.29, 1.82) is 0 Å². The normalized spacial score (nSPS) is 17.7. The number of halogens is 1. The lowest BCUT2D eigenvalue weighted by Gasteiger charge is -2.27. The molecule has 1 aliphatic carbocycles. The SMILES string of the molecule is Cl.O=C(NCCCN1CCNCC1)c1ccc(CNC(=O)C2CCCC2)cc1. The van der Waals surface area contributed by atoms with Crippen LogP contribution in [0, 0.1) is 5.92 Å². The van der Waals surface area contributed by atoms with E-state index in [1.807, 2.05) is 24.3 Å². The zero-order valence-corrected chi connectivity index (χ0v) is 17.4. The number of nitrogens with zero attached hydrogens (tertiary/aromatic N) is 1. The summed E-state index contributed by atoms with van der Waals surface area (Å²) in [5.41, 5.74) is 1.69. The average molecular weight is 409 g/mol. The minimum Gasteiger partial charge on any atom is -0.352 e. The summed E-state index contributed by atoms with van der Waals surface area (Å²) in [6, 6.07) is 7.51. The standard InChI is InChI=1S/C21H32N4O2.ClH/c26-20(23-10-3-13-25-14-11-22-12-15-25)19-8-6-17(7-9-19)16-24-21(27)18-4-1-2-5-18;/h6-9,18,22H,1-5,10-16H2,(H,23,26)(H,24,27);1H. The lowest BCUT2D eigenvalue weighted by molar-refractivity contribution is -0.124. The summed E-state index contributed by atoms with van der Waals surface area (Å²) in [4.78, 5) is 26.7. The van der Waals surface area contributed by atoms with E-state index in [0.717, 1.165) is 70.4 Å². The van der Waals surface area contributed by atoms with Crippen LogP contribution in [0.25, 0.3) is 0 Å². The van der Waals surface area contributed by atoms with Crippen molar-refractivity contribution in [3.05, 3.63) is 35.4 Å². The Morgan fingerprint density at radius 3 is 2.39 bits per heavy atom. The number of benzene rings is 1. The molecule has 1 saturated heterocycles. The summed E-state index contributed by atoms with van der Waals surface area (Å²) in [6.07, 6.45) is 5.32. The molecule has 1 aromatic rings. The smallest absolute Gasteiger partial charge is 0.251 e. The van der Waals surface area contributed by atoms with Crippen molar-refractivity contribution in [2.45, 2.75) is 38.6 Å². The second-order valence-electron chi connectivity index (χ2n) is 7.60. The minimum absolute atomic E-state index is 0. The van der Waals surface area contributed by atoms with E-state index in [0.29, 0.717) is 18.7 Å². The van der Waals surface area contributed by atoms with Crippen LogP contribution in [-0.4, -0.2) is 56.0 Å². The Kier molecular flexibility index (Phi) is 9.75. The van der Waals surface area contributed by atoms with Gasteiger partial charge in [0, 0.05) is 50.7 Å². The second-order valence-corrected chi connectivity index (χ2v) is 7.60. The molecule has 0 bridgehead atoms. The second kappa shape index (κ2) is 12.0. The van der Waals surface area contributed by atoms with E-state index < -0.39 is 0 Å². The number of hydrogen-bond acceptors (Lipinski definition) is 4. The van der Waals surface area contributed by atoms with Crippen LogP contribution < -0.4 is 16.0 Å². The largest absolute Gasteiger partial charge is 0.352 e. The molecular weight excluding hydrogens is 376 g/mol. The summed E-state index contributed by atoms with van der Waals surface area (Å²) in [7, 11) is 0. The number of carbonyl (C=O) groups is 2. The number of amides is 2. The van der Waals surface area contributed by atoms with Crippen LogP contribution in [-0.2, 0) is 11.3 Å². The molecule has 2 aliphatic rings. The molecule has 7 heteroatoms. The maximum absolute atomic E-state index is 12.2. The maximum Gasteiger partial charge on any atom is 0.251 e. The molecule has 1 aromatic carbocycles. The Labute approximate surface area is 174 Å². The number of rotatable bonds is 8. The van der Waals surface area contributed by atoms with E-state index in [-0.39, 0.29) is 30.1 Å². The molecule has 1 saturated carbocycles. The molecule has 1 heterocycles. The number of carbonyl (C=O) groups excluding carboxylic acids is 2. The first-order valence-electron chi connectivity index (χ1n) is 10.3. The van der Waals surface area contributed by atoms with Gasteiger partial charge in [-0.15, -0.1) is 12.4 Å². The van der Waals surface area contributed by atoms with Crippen molar-refractivity contribution >= 4 is 24.2 Å². The first kappa shape index (κ1) is 22.7. The van der Waals surface area contributed by atoms with E-state index in [2.05, 4.69) is 20.9 Å². The molecule has 28 heavy (non-hydrogen) atoms. The van der Waals surface area contributed by atoms with Crippen molar-refractivity contribution in [2.75, 3.05) is 39.3 Å². The van der Waals surface area contributed by atoms with Gasteiger partial charge >= 0.3 is 0 Å². The maximum atomic E-state index is 12.2. The predicted octanol–water partition coefficient (Wildman–Crippen LogP) is 1.94. The van der Waals surface area contributed by atoms with Crippen molar-refractivity contribution in [3.63, 3.8) is 0 Å². The van der Waals surface area contributed by atoms with Gasteiger partial charge in [0.1, 0.15) is 0 Å². The Morgan fingerprint density at radius 2 is 1.71 bits per heavy atom. The Morgan fingerprint density at radius 1 is 1.04 bits per heavy atom. The van der Waals surface area contributed by atoms with Crippen LogP contribution in [0.3, 0.4) is 0 Å². The molecule has 2 fully saturated rings. The van der Waals surface area contributed by atoms with Crippen LogP contribution in [0.5, 0.6) is 0 Å². The van der Waals surface area contributed by atoms with E-state index in [9.17, 15) is 9.59 Å². The molecule has 156 valence electrons. The van der Waals surface area contributed by atoms with Gasteiger partial charge in [-0.05, 0) is 43.5 Å². The fourth-order valence-corrected chi connectivity index (χ4v) is 3.84. The lowest BCUT2D eigenvalue weighted by Crippen LogP contribution is -2.44. The summed E-state index contributed by atoms with van der Waals surface area (Å²) in [6.45, 7) is 6.55. The molecular formula is C21H33ClN4O2. The molecule has 2 amide bonds. The highest BCUT2D eigenvalue weighted by Gasteiger charge is 2.22. The number of nitrogens with one attached hydrogen (secondary N) is 3. The minimum atomic E-state index is -0.0307. The monoisotopic (exact) mass is 408 g/mol. The fourth-order valence-electron chi connectivity index (χ4n) is 3.84. The van der Waals surface area contributed by atoms with Crippen molar-refractivity contribution in [3.8, 4) is 0 Å². The first-order valence-corrected chi connectivity index (χ1v) is 10.3. The summed E-state index contributed by atoms with van der Waals surface area (Å²) in [5.74, 6) is 0.326. The first-order chi connectivity index (χ1) is 13.2. The highest BCUT2D eigenvalue weighted by Crippen LogP contribution is 2.24. The van der Waals surface area contributed by atoms with Gasteiger partial charge in [-0.2, -0.15) is 0 Å². The molecule has 0 aromatic heterocycles. The van der Waals surface area contributed by atoms with Gasteiger partial charge < -0.3 is 20.9 Å². The summed E-state index contributed by atoms with van der Waals surface area (Å²) < 4.78 is 0. The zero-order valence-electron chi connectivity index (χ0n) is 16.5. The quantitative estimate of drug-likeness (QED) is 0.575. The predicted molar refractivity (Wildman–Crippen MR) is 114 cm³/mol. The van der Waals surface area contributed by atoms with Crippen LogP contribution in [0.2, 0.25) is 0 Å². The molecule has 0 unspecified atom stereocenters. The van der Waals surface area contributed by atoms with E-state index in [1.54, 1.807) is 0 Å². The van der Waals surface area contributed by atoms with Gasteiger partial charge in [0.05, 0.1) is 0 Å². The summed E-state index contributed by atoms with van der Waals surface area (Å²) >= 11 is 0. The van der Waals surface area contributed by atoms with Gasteiger partial charge in [-0.25, -0.2) is 0 Å². The Bertz CT molecular complexity index is 611. The van der Waals surface area contributed by atoms with Crippen LogP contribution in [0.1, 0.15) is 48.0 Å². The highest BCUT2D eigenvalue weighted by atomic mass is 35.5. The molecule has 0 spiro atoms. The number of hydrogen-bond donors (Lipinski definition) is 3. The van der Waals surface area contributed by atoms with Crippen molar-refractivity contribution in [2.24, 2.45) is 5.92 Å². The Hall–Kier alpha value is -1.63. The molecule has 3 rings (SSSR count). The third-order valence-electron chi connectivity index (χ3n) is 5.56. The van der Waals surface area contributed by atoms with E-state index in [4.69, 9.17) is 0 Å². The van der Waals surface area contributed by atoms with Crippen molar-refractivity contribution in [1.82, 2.24) is 20.9 Å². The van der Waals surface area contributed by atoms with Gasteiger partial charge in [0.15, 0.2) is 0 Å². The van der Waals surface area contributed by atoms with E-state index >= 15 is 0 Å². The molecule has 1 aliphatic heterocycles. The third-order valence-corrected chi connectivity index (χ3v) is 5.56. The fraction of sp³-hybridized carbons (Fsp3) is 0.619. The van der Waals surface area contributed by atoms with Crippen LogP contribution in [0.15, 0.2) is 24.3 Å². The van der Waals surface area contributed by atoms with Gasteiger partial charge in [0.2, 0.25) is 5.91 Å². The van der Waals surface area contributed by atoms with E-state index in [1.165, 1.54) is 0 Å². The van der Waals surface area contributed by atoms with Gasteiger partial charge in [-0.3, -0.25) is 9.59 Å². The lowest BCUT2D eigenvalue weighted by atomic mass is 10.1. The number of piperazine rings is 1. The van der Waals surface area contributed by atoms with Crippen LogP contribution in [0.4, 0.5) is 0 Å². The third kappa shape index (κ3) is 7.08.